The summed E-state index contributed by atoms with van der Waals surface area (Å²) in [4.78, 5) is 3.87. The van der Waals surface area contributed by atoms with Crippen molar-refractivity contribution in [3.63, 3.8) is 0 Å². The lowest BCUT2D eigenvalue weighted by Gasteiger charge is -2.18. The largest absolute Gasteiger partial charge is 0.310 e. The topological polar surface area (TPSA) is 61.8 Å². The van der Waals surface area contributed by atoms with Crippen molar-refractivity contribution in [2.45, 2.75) is 0 Å². The highest BCUT2D eigenvalue weighted by molar-refractivity contribution is 6.15. The molecule has 50 heavy (non-hydrogen) atoms. The van der Waals surface area contributed by atoms with Crippen molar-refractivity contribution >= 4 is 49.3 Å². The fraction of sp³-hybridized carbons (Fsp3) is 0. The van der Waals surface area contributed by atoms with Crippen LogP contribution in [0.4, 0.5) is 5.69 Å². The van der Waals surface area contributed by atoms with Crippen LogP contribution in [0.15, 0.2) is 152 Å². The van der Waals surface area contributed by atoms with Crippen LogP contribution >= 0.6 is 0 Å². The van der Waals surface area contributed by atoms with Gasteiger partial charge in [-0.2, -0.15) is 10.5 Å². The van der Waals surface area contributed by atoms with E-state index < -0.39 is 0 Å². The monoisotopic (exact) mass is 635 g/mol. The first-order valence-electron chi connectivity index (χ1n) is 16.3. The minimum atomic E-state index is 0.575. The summed E-state index contributed by atoms with van der Waals surface area (Å²) in [6.07, 6.45) is 0. The highest BCUT2D eigenvalue weighted by Gasteiger charge is 2.20. The smallest absolute Gasteiger partial charge is 0.197 e. The number of rotatable bonds is 4. The van der Waals surface area contributed by atoms with Gasteiger partial charge in [0, 0.05) is 32.9 Å². The maximum Gasteiger partial charge on any atom is 0.197 e. The second-order valence-corrected chi connectivity index (χ2v) is 12.3. The lowest BCUT2D eigenvalue weighted by atomic mass is 9.91. The van der Waals surface area contributed by atoms with E-state index >= 15 is 0 Å². The van der Waals surface area contributed by atoms with Crippen LogP contribution in [0.3, 0.4) is 0 Å². The van der Waals surface area contributed by atoms with Gasteiger partial charge in [0.1, 0.15) is 0 Å². The number of hydrogen-bond donors (Lipinski definition) is 0. The summed E-state index contributed by atoms with van der Waals surface area (Å²) in [6, 6.07) is 55.5. The van der Waals surface area contributed by atoms with Crippen LogP contribution in [-0.2, 0) is 0 Å². The van der Waals surface area contributed by atoms with E-state index in [0.717, 1.165) is 77.2 Å². The second-order valence-electron chi connectivity index (χ2n) is 12.3. The van der Waals surface area contributed by atoms with Gasteiger partial charge in [-0.3, -0.25) is 0 Å². The van der Waals surface area contributed by atoms with Gasteiger partial charge in [0.15, 0.2) is 5.69 Å². The van der Waals surface area contributed by atoms with Gasteiger partial charge in [0.05, 0.1) is 52.1 Å². The number of fused-ring (bicyclic) bond motifs is 6. The molecular weight excluding hydrogens is 611 g/mol. The summed E-state index contributed by atoms with van der Waals surface area (Å²) in [5.74, 6) is 0. The average Bonchev–Trinajstić information content (AvgIpc) is 3.70. The minimum absolute atomic E-state index is 0.575. The molecule has 5 heteroatoms. The van der Waals surface area contributed by atoms with Crippen LogP contribution in [0, 0.1) is 29.2 Å². The quantitative estimate of drug-likeness (QED) is 0.181. The van der Waals surface area contributed by atoms with Gasteiger partial charge < -0.3 is 9.13 Å². The highest BCUT2D eigenvalue weighted by Crippen LogP contribution is 2.43. The van der Waals surface area contributed by atoms with Gasteiger partial charge >= 0.3 is 0 Å². The zero-order valence-electron chi connectivity index (χ0n) is 26.7. The molecule has 0 fully saturated rings. The van der Waals surface area contributed by atoms with Gasteiger partial charge in [-0.1, -0.05) is 84.9 Å². The third-order valence-corrected chi connectivity index (χ3v) is 9.60. The Labute approximate surface area is 288 Å². The van der Waals surface area contributed by atoms with E-state index in [2.05, 4.69) is 92.8 Å². The molecule has 7 aromatic carbocycles. The predicted octanol–water partition coefficient (Wildman–Crippen LogP) is 11.5. The number of nitrogens with zero attached hydrogens (tertiary/aromatic N) is 5. The van der Waals surface area contributed by atoms with Crippen LogP contribution in [-0.4, -0.2) is 9.13 Å². The number of hydrogen-bond acceptors (Lipinski definition) is 2. The predicted molar refractivity (Wildman–Crippen MR) is 202 cm³/mol. The summed E-state index contributed by atoms with van der Waals surface area (Å²) in [7, 11) is 0. The molecule has 0 bridgehead atoms. The Morgan fingerprint density at radius 2 is 1.14 bits per heavy atom. The third-order valence-electron chi connectivity index (χ3n) is 9.60. The first kappa shape index (κ1) is 28.8. The van der Waals surface area contributed by atoms with Gasteiger partial charge in [-0.25, -0.2) is 4.85 Å². The molecule has 0 spiro atoms. The van der Waals surface area contributed by atoms with Crippen molar-refractivity contribution in [2.24, 2.45) is 0 Å². The minimum Gasteiger partial charge on any atom is -0.310 e. The first-order valence-corrected chi connectivity index (χ1v) is 16.3. The first-order chi connectivity index (χ1) is 24.7. The Morgan fingerprint density at radius 1 is 0.480 bits per heavy atom. The van der Waals surface area contributed by atoms with Crippen molar-refractivity contribution < 1.29 is 0 Å². The molecule has 0 aliphatic rings. The van der Waals surface area contributed by atoms with Gasteiger partial charge in [0.25, 0.3) is 0 Å². The fourth-order valence-electron chi connectivity index (χ4n) is 7.47. The Kier molecular flexibility index (Phi) is 6.56. The van der Waals surface area contributed by atoms with E-state index in [9.17, 15) is 10.5 Å². The maximum absolute atomic E-state index is 10.0. The standard InChI is InChI=1S/C45H25N5/c1-48-39-15-9-19-44-45(39)36-14-4-7-18-42(36)50(44)41-17-6-2-12-34(41)33-22-20-29(27-46)24-37(33)31-10-8-11-32(26-31)49-40-16-5-3-13-35(40)38-25-30(28-47)21-23-43(38)49/h2-26H. The van der Waals surface area contributed by atoms with Crippen molar-refractivity contribution in [1.82, 2.24) is 9.13 Å². The van der Waals surface area contributed by atoms with Crippen molar-refractivity contribution in [2.75, 3.05) is 0 Å². The Hall–Kier alpha value is -7.39. The molecule has 9 rings (SSSR count). The number of para-hydroxylation sites is 3. The van der Waals surface area contributed by atoms with Gasteiger partial charge in [-0.15, -0.1) is 0 Å². The Balaban J connectivity index is 1.29. The molecule has 2 heterocycles. The second kappa shape index (κ2) is 11.4. The molecule has 5 nitrogen and oxygen atoms in total. The molecule has 0 aliphatic carbocycles. The molecule has 230 valence electrons. The van der Waals surface area contributed by atoms with Gasteiger partial charge in [0.2, 0.25) is 0 Å². The zero-order chi connectivity index (χ0) is 33.8. The van der Waals surface area contributed by atoms with E-state index in [-0.39, 0.29) is 0 Å². The zero-order valence-corrected chi connectivity index (χ0v) is 26.7. The molecular formula is C45H25N5. The Bertz CT molecular complexity index is 2970. The Morgan fingerprint density at radius 3 is 1.96 bits per heavy atom. The molecule has 2 aromatic heterocycles. The molecule has 0 saturated carbocycles. The number of nitriles is 2. The van der Waals surface area contributed by atoms with Crippen LogP contribution < -0.4 is 0 Å². The van der Waals surface area contributed by atoms with E-state index in [1.807, 2.05) is 84.9 Å². The van der Waals surface area contributed by atoms with E-state index in [1.54, 1.807) is 0 Å². The molecule has 0 aliphatic heterocycles. The van der Waals surface area contributed by atoms with E-state index in [0.29, 0.717) is 16.8 Å². The van der Waals surface area contributed by atoms with Crippen LogP contribution in [0.1, 0.15) is 11.1 Å². The van der Waals surface area contributed by atoms with Crippen LogP contribution in [0.2, 0.25) is 0 Å². The van der Waals surface area contributed by atoms with E-state index in [4.69, 9.17) is 6.57 Å². The van der Waals surface area contributed by atoms with E-state index in [1.165, 1.54) is 0 Å². The molecule has 9 aromatic rings. The summed E-state index contributed by atoms with van der Waals surface area (Å²) in [5, 5.41) is 23.8. The molecule has 0 radical (unpaired) electrons. The van der Waals surface area contributed by atoms with Crippen molar-refractivity contribution in [3.8, 4) is 45.8 Å². The molecule has 0 unspecified atom stereocenters. The maximum atomic E-state index is 10.0. The van der Waals surface area contributed by atoms with Crippen LogP contribution in [0.5, 0.6) is 0 Å². The highest BCUT2D eigenvalue weighted by atomic mass is 15.0. The van der Waals surface area contributed by atoms with Crippen LogP contribution in [0.25, 0.3) is 82.1 Å². The van der Waals surface area contributed by atoms with Crippen molar-refractivity contribution in [1.29, 1.82) is 10.5 Å². The molecule has 0 atom stereocenters. The summed E-state index contributed by atoms with van der Waals surface area (Å²) in [5.41, 5.74) is 11.8. The number of aromatic nitrogens is 2. The summed E-state index contributed by atoms with van der Waals surface area (Å²) < 4.78 is 4.49. The SMILES string of the molecule is [C-]#[N+]c1cccc2c1c1ccccc1n2-c1ccccc1-c1ccc(C#N)cc1-c1cccc(-n2c3ccccc3c3cc(C#N)ccc32)c1. The fourth-order valence-corrected chi connectivity index (χ4v) is 7.47. The summed E-state index contributed by atoms with van der Waals surface area (Å²) >= 11 is 0. The average molecular weight is 636 g/mol. The summed E-state index contributed by atoms with van der Waals surface area (Å²) in [6.45, 7) is 7.90. The third kappa shape index (κ3) is 4.31. The molecule has 0 amide bonds. The lowest BCUT2D eigenvalue weighted by molar-refractivity contribution is 1.18. The molecule has 0 N–H and O–H groups in total. The number of benzene rings is 7. The van der Waals surface area contributed by atoms with Gasteiger partial charge in [-0.05, 0) is 88.8 Å². The lowest BCUT2D eigenvalue weighted by Crippen LogP contribution is -1.99. The molecule has 0 saturated heterocycles. The van der Waals surface area contributed by atoms with Crippen molar-refractivity contribution in [3.05, 3.63) is 174 Å². The normalized spacial score (nSPS) is 11.1.